The molecule has 1 aromatic rings. The average Bonchev–Trinajstić information content (AvgIpc) is 2.30. The summed E-state index contributed by atoms with van der Waals surface area (Å²) in [7, 11) is 0. The third-order valence-corrected chi connectivity index (χ3v) is 3.18. The SMILES string of the molecule is CC(C)(C)OC(=O)NC(Cc1ccc(N)c(Br)c1)C(=O)O. The average molecular weight is 359 g/mol. The van der Waals surface area contributed by atoms with Gasteiger partial charge in [-0.15, -0.1) is 0 Å². The van der Waals surface area contributed by atoms with Crippen LogP contribution in [-0.2, 0) is 16.0 Å². The van der Waals surface area contributed by atoms with E-state index >= 15 is 0 Å². The number of nitrogens with two attached hydrogens (primary N) is 1. The summed E-state index contributed by atoms with van der Waals surface area (Å²) in [4.78, 5) is 22.9. The number of hydrogen-bond acceptors (Lipinski definition) is 4. The molecule has 1 unspecified atom stereocenters. The molecule has 0 aliphatic heterocycles. The second kappa shape index (κ2) is 6.80. The largest absolute Gasteiger partial charge is 0.480 e. The summed E-state index contributed by atoms with van der Waals surface area (Å²) in [5.41, 5.74) is 6.29. The van der Waals surface area contributed by atoms with Crippen molar-refractivity contribution in [1.29, 1.82) is 0 Å². The molecule has 0 fully saturated rings. The Labute approximate surface area is 131 Å². The Kier molecular flexibility index (Phi) is 5.60. The lowest BCUT2D eigenvalue weighted by atomic mass is 10.1. The van der Waals surface area contributed by atoms with Gasteiger partial charge in [0.2, 0.25) is 0 Å². The molecule has 0 aliphatic carbocycles. The van der Waals surface area contributed by atoms with Crippen molar-refractivity contribution < 1.29 is 19.4 Å². The molecule has 1 aromatic carbocycles. The highest BCUT2D eigenvalue weighted by atomic mass is 79.9. The van der Waals surface area contributed by atoms with Gasteiger partial charge in [-0.3, -0.25) is 0 Å². The van der Waals surface area contributed by atoms with Gasteiger partial charge in [-0.05, 0) is 54.4 Å². The van der Waals surface area contributed by atoms with Crippen LogP contribution in [0.2, 0.25) is 0 Å². The first-order valence-electron chi connectivity index (χ1n) is 6.34. The maximum absolute atomic E-state index is 11.7. The molecule has 6 nitrogen and oxygen atoms in total. The minimum atomic E-state index is -1.13. The first-order valence-corrected chi connectivity index (χ1v) is 7.14. The number of nitrogen functional groups attached to an aromatic ring is 1. The number of halogens is 1. The fraction of sp³-hybridized carbons (Fsp3) is 0.429. The maximum Gasteiger partial charge on any atom is 0.408 e. The molecule has 0 aliphatic rings. The topological polar surface area (TPSA) is 102 Å². The van der Waals surface area contributed by atoms with Crippen molar-refractivity contribution in [3.05, 3.63) is 28.2 Å². The molecular weight excluding hydrogens is 340 g/mol. The maximum atomic E-state index is 11.7. The number of alkyl carbamates (subject to hydrolysis) is 1. The van der Waals surface area contributed by atoms with Crippen LogP contribution in [0.4, 0.5) is 10.5 Å². The molecule has 1 rings (SSSR count). The molecule has 0 aromatic heterocycles. The van der Waals surface area contributed by atoms with Crippen LogP contribution in [0.1, 0.15) is 26.3 Å². The number of carboxylic acid groups (broad SMARTS) is 1. The van der Waals surface area contributed by atoms with Gasteiger partial charge in [-0.25, -0.2) is 9.59 Å². The lowest BCUT2D eigenvalue weighted by Gasteiger charge is -2.22. The second-order valence-electron chi connectivity index (χ2n) is 5.60. The Hall–Kier alpha value is -1.76. The predicted molar refractivity (Wildman–Crippen MR) is 83.1 cm³/mol. The van der Waals surface area contributed by atoms with Crippen LogP contribution < -0.4 is 11.1 Å². The van der Waals surface area contributed by atoms with E-state index in [-0.39, 0.29) is 6.42 Å². The number of carboxylic acids is 1. The summed E-state index contributed by atoms with van der Waals surface area (Å²) in [5.74, 6) is -1.13. The first-order chi connectivity index (χ1) is 9.58. The predicted octanol–water partition coefficient (Wildman–Crippen LogP) is 2.55. The number of carbonyl (C=O) groups is 2. The molecule has 0 radical (unpaired) electrons. The van der Waals surface area contributed by atoms with Crippen LogP contribution in [0, 0.1) is 0 Å². The second-order valence-corrected chi connectivity index (χ2v) is 6.45. The van der Waals surface area contributed by atoms with Crippen LogP contribution in [0.25, 0.3) is 0 Å². The van der Waals surface area contributed by atoms with E-state index in [1.807, 2.05) is 0 Å². The van der Waals surface area contributed by atoms with Crippen molar-refractivity contribution in [3.63, 3.8) is 0 Å². The molecule has 21 heavy (non-hydrogen) atoms. The summed E-state index contributed by atoms with van der Waals surface area (Å²) in [6.07, 6.45) is -0.627. The van der Waals surface area contributed by atoms with Gasteiger partial charge in [0, 0.05) is 16.6 Å². The van der Waals surface area contributed by atoms with Gasteiger partial charge in [0.15, 0.2) is 0 Å². The number of ether oxygens (including phenoxy) is 1. The number of benzene rings is 1. The minimum Gasteiger partial charge on any atom is -0.480 e. The van der Waals surface area contributed by atoms with Crippen LogP contribution in [0.15, 0.2) is 22.7 Å². The standard InChI is InChI=1S/C14H19BrN2O4/c1-14(2,3)21-13(20)17-11(12(18)19)7-8-4-5-10(16)9(15)6-8/h4-6,11H,7,16H2,1-3H3,(H,17,20)(H,18,19). The molecule has 0 saturated heterocycles. The van der Waals surface area contributed by atoms with E-state index in [2.05, 4.69) is 21.2 Å². The van der Waals surface area contributed by atoms with Crippen molar-refractivity contribution in [2.75, 3.05) is 5.73 Å². The highest BCUT2D eigenvalue weighted by molar-refractivity contribution is 9.10. The summed E-state index contributed by atoms with van der Waals surface area (Å²) in [5, 5.41) is 11.5. The number of anilines is 1. The Morgan fingerprint density at radius 2 is 2.05 bits per heavy atom. The normalized spacial score (nSPS) is 12.6. The zero-order valence-corrected chi connectivity index (χ0v) is 13.7. The van der Waals surface area contributed by atoms with Gasteiger partial charge in [0.25, 0.3) is 0 Å². The molecule has 0 spiro atoms. The molecule has 7 heteroatoms. The minimum absolute atomic E-state index is 0.132. The molecular formula is C14H19BrN2O4. The Balaban J connectivity index is 2.76. The zero-order chi connectivity index (χ0) is 16.2. The lowest BCUT2D eigenvalue weighted by molar-refractivity contribution is -0.139. The third kappa shape index (κ3) is 6.03. The third-order valence-electron chi connectivity index (χ3n) is 2.49. The summed E-state index contributed by atoms with van der Waals surface area (Å²) < 4.78 is 5.74. The van der Waals surface area contributed by atoms with Crippen molar-refractivity contribution in [2.45, 2.75) is 38.8 Å². The number of nitrogens with one attached hydrogen (secondary N) is 1. The fourth-order valence-electron chi connectivity index (χ4n) is 1.58. The van der Waals surface area contributed by atoms with Crippen molar-refractivity contribution in [1.82, 2.24) is 5.32 Å². The summed E-state index contributed by atoms with van der Waals surface area (Å²) >= 11 is 3.28. The van der Waals surface area contributed by atoms with Gasteiger partial charge >= 0.3 is 12.1 Å². The quantitative estimate of drug-likeness (QED) is 0.717. The molecule has 4 N–H and O–H groups in total. The van der Waals surface area contributed by atoms with Gasteiger partial charge < -0.3 is 20.9 Å². The monoisotopic (exact) mass is 358 g/mol. The zero-order valence-electron chi connectivity index (χ0n) is 12.1. The Morgan fingerprint density at radius 1 is 1.43 bits per heavy atom. The van der Waals surface area contributed by atoms with E-state index < -0.39 is 23.7 Å². The van der Waals surface area contributed by atoms with E-state index in [0.717, 1.165) is 5.56 Å². The van der Waals surface area contributed by atoms with E-state index in [0.29, 0.717) is 10.2 Å². The number of carbonyl (C=O) groups excluding carboxylic acids is 1. The van der Waals surface area contributed by atoms with Crippen LogP contribution in [0.5, 0.6) is 0 Å². The Bertz CT molecular complexity index is 540. The van der Waals surface area contributed by atoms with Crippen molar-refractivity contribution in [3.8, 4) is 0 Å². The Morgan fingerprint density at radius 3 is 2.52 bits per heavy atom. The van der Waals surface area contributed by atoms with Gasteiger partial charge in [-0.1, -0.05) is 6.07 Å². The van der Waals surface area contributed by atoms with Crippen molar-refractivity contribution >= 4 is 33.7 Å². The molecule has 1 atom stereocenters. The van der Waals surface area contributed by atoms with E-state index in [9.17, 15) is 14.7 Å². The molecule has 0 heterocycles. The molecule has 0 bridgehead atoms. The molecule has 116 valence electrons. The summed E-state index contributed by atoms with van der Waals surface area (Å²) in [6, 6.07) is 4.04. The van der Waals surface area contributed by atoms with Crippen LogP contribution in [0.3, 0.4) is 0 Å². The van der Waals surface area contributed by atoms with E-state index in [1.54, 1.807) is 39.0 Å². The van der Waals surface area contributed by atoms with Gasteiger partial charge in [0.05, 0.1) is 0 Å². The van der Waals surface area contributed by atoms with Gasteiger partial charge in [0.1, 0.15) is 11.6 Å². The first kappa shape index (κ1) is 17.3. The van der Waals surface area contributed by atoms with Crippen LogP contribution in [-0.4, -0.2) is 28.8 Å². The van der Waals surface area contributed by atoms with Crippen LogP contribution >= 0.6 is 15.9 Å². The number of amides is 1. The number of hydrogen-bond donors (Lipinski definition) is 3. The smallest absolute Gasteiger partial charge is 0.408 e. The summed E-state index contributed by atoms with van der Waals surface area (Å²) in [6.45, 7) is 5.12. The number of aliphatic carboxylic acids is 1. The highest BCUT2D eigenvalue weighted by Gasteiger charge is 2.24. The molecule has 1 amide bonds. The molecule has 0 saturated carbocycles. The highest BCUT2D eigenvalue weighted by Crippen LogP contribution is 2.21. The lowest BCUT2D eigenvalue weighted by Crippen LogP contribution is -2.44. The fourth-order valence-corrected chi connectivity index (χ4v) is 2.01. The van der Waals surface area contributed by atoms with E-state index in [1.165, 1.54) is 0 Å². The van der Waals surface area contributed by atoms with E-state index in [4.69, 9.17) is 10.5 Å². The van der Waals surface area contributed by atoms with Gasteiger partial charge in [-0.2, -0.15) is 0 Å². The van der Waals surface area contributed by atoms with Crippen molar-refractivity contribution in [2.24, 2.45) is 0 Å². The number of rotatable bonds is 4.